The van der Waals surface area contributed by atoms with Crippen molar-refractivity contribution in [1.29, 1.82) is 0 Å². The third-order valence-corrected chi connectivity index (χ3v) is 8.33. The largest absolute Gasteiger partial charge is 0.490 e. The van der Waals surface area contributed by atoms with Crippen molar-refractivity contribution in [3.8, 4) is 0 Å². The minimum atomic E-state index is -5.83. The maximum atomic E-state index is 12.3. The van der Waals surface area contributed by atoms with E-state index in [9.17, 15) is 43.0 Å². The van der Waals surface area contributed by atoms with Crippen LogP contribution in [-0.2, 0) is 36.4 Å². The zero-order chi connectivity index (χ0) is 26.8. The standard InChI is InChI=1S/C14H24N3O15P3/c1-3-10(19)15-5-9(30-34(25,26)32-35(27,28)31-33(22,23)24)12-8(18)4-11(29-12)17-6-7(2)13(20)16-14(17)21/h6,8-9,11-12,18H,3-5H2,1-2H3,(H,15,19)(H,25,26)(H,27,28)(H,16,20,21)(H2,22,23,24)/t8-,9?,11+,12-/m0/s1. The van der Waals surface area contributed by atoms with E-state index >= 15 is 0 Å². The Balaban J connectivity index is 2.29. The van der Waals surface area contributed by atoms with Crippen molar-refractivity contribution in [2.75, 3.05) is 6.54 Å². The van der Waals surface area contributed by atoms with Crippen LogP contribution in [0.2, 0.25) is 0 Å². The third kappa shape index (κ3) is 8.82. The van der Waals surface area contributed by atoms with Gasteiger partial charge < -0.3 is 34.7 Å². The topological polar surface area (TPSA) is 273 Å². The first-order chi connectivity index (χ1) is 15.9. The molecule has 1 aromatic heterocycles. The molecule has 7 N–H and O–H groups in total. The van der Waals surface area contributed by atoms with Crippen LogP contribution in [0, 0.1) is 6.92 Å². The van der Waals surface area contributed by atoms with E-state index in [1.807, 2.05) is 4.98 Å². The molecule has 2 rings (SSSR count). The summed E-state index contributed by atoms with van der Waals surface area (Å²) in [5.74, 6) is -0.568. The van der Waals surface area contributed by atoms with Gasteiger partial charge in [-0.25, -0.2) is 18.5 Å². The molecule has 0 aliphatic carbocycles. The molecule has 3 unspecified atom stereocenters. The summed E-state index contributed by atoms with van der Waals surface area (Å²) < 4.78 is 53.3. The first kappa shape index (κ1) is 29.7. The third-order valence-electron chi connectivity index (χ3n) is 4.47. The van der Waals surface area contributed by atoms with Crippen LogP contribution in [0.25, 0.3) is 0 Å². The Morgan fingerprint density at radius 2 is 1.86 bits per heavy atom. The molecule has 18 nitrogen and oxygen atoms in total. The summed E-state index contributed by atoms with van der Waals surface area (Å²) in [4.78, 5) is 73.9. The number of aryl methyl sites for hydroxylation is 1. The lowest BCUT2D eigenvalue weighted by Crippen LogP contribution is -2.44. The van der Waals surface area contributed by atoms with Crippen molar-refractivity contribution in [2.45, 2.75) is 51.2 Å². The van der Waals surface area contributed by atoms with E-state index in [4.69, 9.17) is 19.0 Å². The summed E-state index contributed by atoms with van der Waals surface area (Å²) in [6, 6.07) is 0. The van der Waals surface area contributed by atoms with E-state index in [1.54, 1.807) is 0 Å². The van der Waals surface area contributed by atoms with Gasteiger partial charge in [0.1, 0.15) is 18.4 Å². The molecule has 0 bridgehead atoms. The Bertz CT molecular complexity index is 1190. The van der Waals surface area contributed by atoms with Gasteiger partial charge in [-0.3, -0.25) is 23.7 Å². The lowest BCUT2D eigenvalue weighted by atomic mass is 10.1. The number of nitrogens with one attached hydrogen (secondary N) is 2. The van der Waals surface area contributed by atoms with Crippen LogP contribution in [0.5, 0.6) is 0 Å². The maximum absolute atomic E-state index is 12.3. The molecule has 1 amide bonds. The Morgan fingerprint density at radius 1 is 1.23 bits per heavy atom. The van der Waals surface area contributed by atoms with Gasteiger partial charge in [-0.1, -0.05) is 6.92 Å². The smallest absolute Gasteiger partial charge is 0.390 e. The number of phosphoric ester groups is 1. The van der Waals surface area contributed by atoms with E-state index in [0.717, 1.165) is 10.8 Å². The number of ether oxygens (including phenoxy) is 1. The summed E-state index contributed by atoms with van der Waals surface area (Å²) in [5.41, 5.74) is -1.41. The van der Waals surface area contributed by atoms with Crippen LogP contribution in [0.15, 0.2) is 15.8 Å². The number of amides is 1. The summed E-state index contributed by atoms with van der Waals surface area (Å²) in [7, 11) is -17.1. The molecule has 0 spiro atoms. The number of hydrogen-bond donors (Lipinski definition) is 7. The van der Waals surface area contributed by atoms with Crippen LogP contribution in [-0.4, -0.2) is 65.0 Å². The normalized spacial score (nSPS) is 24.9. The second-order valence-electron chi connectivity index (χ2n) is 7.23. The average molecular weight is 567 g/mol. The highest BCUT2D eigenvalue weighted by Gasteiger charge is 2.47. The monoisotopic (exact) mass is 567 g/mol. The van der Waals surface area contributed by atoms with Crippen molar-refractivity contribution in [3.05, 3.63) is 32.6 Å². The lowest BCUT2D eigenvalue weighted by Gasteiger charge is -2.28. The fraction of sp³-hybridized carbons (Fsp3) is 0.643. The summed E-state index contributed by atoms with van der Waals surface area (Å²) in [6.45, 7) is 2.27. The predicted molar refractivity (Wildman–Crippen MR) is 113 cm³/mol. The molecule has 2 heterocycles. The lowest BCUT2D eigenvalue weighted by molar-refractivity contribution is -0.122. The number of hydrogen-bond acceptors (Lipinski definition) is 11. The maximum Gasteiger partial charge on any atom is 0.490 e. The second-order valence-corrected chi connectivity index (χ2v) is 11.6. The minimum Gasteiger partial charge on any atom is -0.390 e. The molecule has 0 radical (unpaired) electrons. The molecule has 0 aromatic carbocycles. The zero-order valence-electron chi connectivity index (χ0n) is 18.1. The van der Waals surface area contributed by atoms with E-state index in [1.165, 1.54) is 13.8 Å². The van der Waals surface area contributed by atoms with E-state index < -0.39 is 71.7 Å². The first-order valence-electron chi connectivity index (χ1n) is 9.67. The number of aromatic amines is 1. The van der Waals surface area contributed by atoms with E-state index in [-0.39, 0.29) is 18.4 Å². The number of phosphoric acid groups is 3. The van der Waals surface area contributed by atoms with Gasteiger partial charge in [-0.05, 0) is 6.92 Å². The molecule has 1 aromatic rings. The van der Waals surface area contributed by atoms with Crippen molar-refractivity contribution in [3.63, 3.8) is 0 Å². The van der Waals surface area contributed by atoms with Gasteiger partial charge in [0.15, 0.2) is 0 Å². The Morgan fingerprint density at radius 3 is 2.43 bits per heavy atom. The zero-order valence-corrected chi connectivity index (χ0v) is 20.8. The van der Waals surface area contributed by atoms with Gasteiger partial charge in [-0.15, -0.1) is 0 Å². The van der Waals surface area contributed by atoms with Gasteiger partial charge in [0.25, 0.3) is 5.56 Å². The SMILES string of the molecule is CCC(=O)NCC(OP(=O)(O)OP(=O)(O)OP(=O)(O)O)[C@H]1O[C@@H](n2cc(C)c(=O)[nH]c2=O)C[C@@H]1O. The summed E-state index contributed by atoms with van der Waals surface area (Å²) in [5, 5.41) is 12.8. The van der Waals surface area contributed by atoms with Crippen molar-refractivity contribution < 1.29 is 61.1 Å². The van der Waals surface area contributed by atoms with Gasteiger partial charge >= 0.3 is 29.2 Å². The molecule has 0 saturated carbocycles. The Kier molecular flexibility index (Phi) is 9.55. The van der Waals surface area contributed by atoms with Gasteiger partial charge in [0, 0.05) is 31.1 Å². The van der Waals surface area contributed by atoms with Crippen molar-refractivity contribution in [2.24, 2.45) is 0 Å². The van der Waals surface area contributed by atoms with Crippen LogP contribution >= 0.6 is 23.5 Å². The summed E-state index contributed by atoms with van der Waals surface area (Å²) >= 11 is 0. The highest BCUT2D eigenvalue weighted by Crippen LogP contribution is 2.66. The number of aromatic nitrogens is 2. The molecule has 6 atom stereocenters. The fourth-order valence-corrected chi connectivity index (χ4v) is 6.20. The van der Waals surface area contributed by atoms with E-state index in [2.05, 4.69) is 13.9 Å². The number of aliphatic hydroxyl groups is 1. The molecule has 200 valence electrons. The highest BCUT2D eigenvalue weighted by atomic mass is 31.3. The van der Waals surface area contributed by atoms with Gasteiger partial charge in [0.2, 0.25) is 5.91 Å². The first-order valence-corrected chi connectivity index (χ1v) is 14.2. The molecule has 35 heavy (non-hydrogen) atoms. The molecular formula is C14H24N3O15P3. The number of carbonyl (C=O) groups excluding carboxylic acids is 1. The van der Waals surface area contributed by atoms with Crippen molar-refractivity contribution in [1.82, 2.24) is 14.9 Å². The quantitative estimate of drug-likeness (QED) is 0.154. The number of aliphatic hydroxyl groups excluding tert-OH is 1. The van der Waals surface area contributed by atoms with Gasteiger partial charge in [0.05, 0.1) is 6.10 Å². The van der Waals surface area contributed by atoms with Crippen molar-refractivity contribution >= 4 is 29.4 Å². The Hall–Kier alpha value is -1.52. The number of carbonyl (C=O) groups is 1. The molecule has 1 fully saturated rings. The molecule has 1 saturated heterocycles. The second kappa shape index (κ2) is 11.3. The molecule has 21 heteroatoms. The average Bonchev–Trinajstić information content (AvgIpc) is 3.06. The molecule has 1 aliphatic rings. The number of H-pyrrole nitrogens is 1. The van der Waals surface area contributed by atoms with Crippen LogP contribution in [0.1, 0.15) is 31.6 Å². The van der Waals surface area contributed by atoms with Crippen LogP contribution in [0.4, 0.5) is 0 Å². The number of rotatable bonds is 11. The highest BCUT2D eigenvalue weighted by molar-refractivity contribution is 7.66. The Labute approximate surface area is 196 Å². The van der Waals surface area contributed by atoms with Crippen LogP contribution in [0.3, 0.4) is 0 Å². The molecular weight excluding hydrogens is 543 g/mol. The van der Waals surface area contributed by atoms with Gasteiger partial charge in [-0.2, -0.15) is 8.62 Å². The fourth-order valence-electron chi connectivity index (χ4n) is 3.01. The predicted octanol–water partition coefficient (Wildman–Crippen LogP) is -1.27. The number of nitrogens with zero attached hydrogens (tertiary/aromatic N) is 1. The van der Waals surface area contributed by atoms with Crippen LogP contribution < -0.4 is 16.6 Å². The van der Waals surface area contributed by atoms with E-state index in [0.29, 0.717) is 0 Å². The minimum absolute atomic E-state index is 0.0231. The summed E-state index contributed by atoms with van der Waals surface area (Å²) in [6.07, 6.45) is -5.14. The molecule has 1 aliphatic heterocycles.